The first-order valence-electron chi connectivity index (χ1n) is 7.70. The summed E-state index contributed by atoms with van der Waals surface area (Å²) < 4.78 is 0. The van der Waals surface area contributed by atoms with Crippen molar-refractivity contribution in [3.8, 4) is 0 Å². The molecule has 0 aliphatic carbocycles. The van der Waals surface area contributed by atoms with E-state index in [9.17, 15) is 9.59 Å². The van der Waals surface area contributed by atoms with Crippen LogP contribution in [0.15, 0.2) is 24.3 Å². The molecule has 0 spiro atoms. The number of nitrogens with zero attached hydrogens (tertiary/aromatic N) is 1. The lowest BCUT2D eigenvalue weighted by molar-refractivity contribution is -0.122. The van der Waals surface area contributed by atoms with Gasteiger partial charge in [-0.1, -0.05) is 26.0 Å². The van der Waals surface area contributed by atoms with Crippen LogP contribution >= 0.6 is 0 Å². The topological polar surface area (TPSA) is 49.4 Å². The number of carbonyl (C=O) groups excluding carboxylic acids is 2. The Balaban J connectivity index is 1.67. The van der Waals surface area contributed by atoms with Gasteiger partial charge in [-0.25, -0.2) is 0 Å². The highest BCUT2D eigenvalue weighted by atomic mass is 16.2. The molecule has 0 radical (unpaired) electrons. The average Bonchev–Trinajstić information content (AvgIpc) is 3.01. The predicted molar refractivity (Wildman–Crippen MR) is 80.9 cm³/mol. The van der Waals surface area contributed by atoms with E-state index in [0.29, 0.717) is 31.5 Å². The number of hydrogen-bond acceptors (Lipinski definition) is 2. The van der Waals surface area contributed by atoms with Gasteiger partial charge in [-0.15, -0.1) is 0 Å². The molecule has 1 aromatic rings. The van der Waals surface area contributed by atoms with E-state index in [-0.39, 0.29) is 17.7 Å². The van der Waals surface area contributed by atoms with Crippen LogP contribution in [0.5, 0.6) is 0 Å². The van der Waals surface area contributed by atoms with Crippen LogP contribution in [0.1, 0.15) is 29.8 Å². The number of benzene rings is 1. The molecule has 112 valence electrons. The zero-order valence-electron chi connectivity index (χ0n) is 12.6. The summed E-state index contributed by atoms with van der Waals surface area (Å²) in [6.07, 6.45) is 1.03. The van der Waals surface area contributed by atoms with Gasteiger partial charge in [0, 0.05) is 31.1 Å². The van der Waals surface area contributed by atoms with Gasteiger partial charge in [-0.2, -0.15) is 0 Å². The van der Waals surface area contributed by atoms with Gasteiger partial charge < -0.3 is 10.2 Å². The number of amides is 2. The number of carbonyl (C=O) groups is 2. The van der Waals surface area contributed by atoms with Crippen LogP contribution in [-0.2, 0) is 11.2 Å². The summed E-state index contributed by atoms with van der Waals surface area (Å²) in [5.74, 6) is 1.05. The first-order chi connectivity index (χ1) is 10.0. The van der Waals surface area contributed by atoms with Crippen LogP contribution in [0.3, 0.4) is 0 Å². The van der Waals surface area contributed by atoms with Crippen LogP contribution in [0.25, 0.3) is 0 Å². The highest BCUT2D eigenvalue weighted by molar-refractivity contribution is 5.95. The van der Waals surface area contributed by atoms with Crippen molar-refractivity contribution in [1.29, 1.82) is 0 Å². The van der Waals surface area contributed by atoms with E-state index < -0.39 is 0 Å². The maximum absolute atomic E-state index is 12.5. The second-order valence-corrected chi connectivity index (χ2v) is 6.62. The fourth-order valence-corrected chi connectivity index (χ4v) is 3.34. The Hall–Kier alpha value is -1.84. The molecule has 1 aromatic carbocycles. The monoisotopic (exact) mass is 286 g/mol. The van der Waals surface area contributed by atoms with Gasteiger partial charge in [0.25, 0.3) is 5.91 Å². The lowest BCUT2D eigenvalue weighted by atomic mass is 10.0. The zero-order valence-corrected chi connectivity index (χ0v) is 12.6. The molecule has 21 heavy (non-hydrogen) atoms. The molecule has 0 aromatic heterocycles. The zero-order chi connectivity index (χ0) is 15.0. The number of nitrogens with one attached hydrogen (secondary N) is 1. The molecule has 2 fully saturated rings. The number of rotatable bonds is 3. The average molecular weight is 286 g/mol. The standard InChI is InChI=1S/C17H22N2O2/c1-11(2)7-12-3-5-13(6-4-12)17(21)19-9-14-8-18-16(20)15(14)10-19/h3-6,11,14-15H,7-10H2,1-2H3,(H,18,20)/t14-,15+/m0/s1. The summed E-state index contributed by atoms with van der Waals surface area (Å²) in [4.78, 5) is 26.0. The van der Waals surface area contributed by atoms with Crippen molar-refractivity contribution in [1.82, 2.24) is 10.2 Å². The predicted octanol–water partition coefficient (Wildman–Crippen LogP) is 1.70. The first-order valence-corrected chi connectivity index (χ1v) is 7.70. The smallest absolute Gasteiger partial charge is 0.253 e. The molecule has 0 unspecified atom stereocenters. The van der Waals surface area contributed by atoms with E-state index >= 15 is 0 Å². The van der Waals surface area contributed by atoms with E-state index in [0.717, 1.165) is 12.0 Å². The third-order valence-corrected chi connectivity index (χ3v) is 4.45. The maximum atomic E-state index is 12.5. The normalized spacial score (nSPS) is 24.3. The summed E-state index contributed by atoms with van der Waals surface area (Å²) in [6.45, 7) is 6.33. The van der Waals surface area contributed by atoms with Gasteiger partial charge in [-0.3, -0.25) is 9.59 Å². The highest BCUT2D eigenvalue weighted by Crippen LogP contribution is 2.28. The van der Waals surface area contributed by atoms with Crippen molar-refractivity contribution in [2.75, 3.05) is 19.6 Å². The van der Waals surface area contributed by atoms with Crippen LogP contribution in [0.2, 0.25) is 0 Å². The third-order valence-electron chi connectivity index (χ3n) is 4.45. The number of fused-ring (bicyclic) bond motifs is 1. The minimum atomic E-state index is -0.00540. The van der Waals surface area contributed by atoms with Crippen molar-refractivity contribution in [2.24, 2.45) is 17.8 Å². The second-order valence-electron chi connectivity index (χ2n) is 6.62. The van der Waals surface area contributed by atoms with Crippen LogP contribution in [-0.4, -0.2) is 36.3 Å². The van der Waals surface area contributed by atoms with Gasteiger partial charge in [0.05, 0.1) is 5.92 Å². The van der Waals surface area contributed by atoms with Crippen molar-refractivity contribution in [3.05, 3.63) is 35.4 Å². The largest absolute Gasteiger partial charge is 0.355 e. The van der Waals surface area contributed by atoms with Gasteiger partial charge in [0.1, 0.15) is 0 Å². The summed E-state index contributed by atoms with van der Waals surface area (Å²) in [5, 5.41) is 2.87. The van der Waals surface area contributed by atoms with Crippen LogP contribution in [0, 0.1) is 17.8 Å². The van der Waals surface area contributed by atoms with Crippen LogP contribution in [0.4, 0.5) is 0 Å². The molecule has 2 heterocycles. The molecule has 2 amide bonds. The number of likely N-dealkylation sites (tertiary alicyclic amines) is 1. The molecule has 2 atom stereocenters. The Morgan fingerprint density at radius 2 is 2.00 bits per heavy atom. The Bertz CT molecular complexity index is 550. The van der Waals surface area contributed by atoms with Crippen LogP contribution < -0.4 is 5.32 Å². The van der Waals surface area contributed by atoms with E-state index in [1.807, 2.05) is 29.2 Å². The Morgan fingerprint density at radius 3 is 2.62 bits per heavy atom. The Kier molecular flexibility index (Phi) is 3.70. The minimum absolute atomic E-state index is 0.00540. The summed E-state index contributed by atoms with van der Waals surface area (Å²) in [5.41, 5.74) is 1.99. The van der Waals surface area contributed by atoms with E-state index in [4.69, 9.17) is 0 Å². The van der Waals surface area contributed by atoms with E-state index in [2.05, 4.69) is 19.2 Å². The van der Waals surface area contributed by atoms with Crippen molar-refractivity contribution in [3.63, 3.8) is 0 Å². The first kappa shape index (κ1) is 14.1. The molecule has 2 aliphatic rings. The SMILES string of the molecule is CC(C)Cc1ccc(C(=O)N2C[C@@H]3CNC(=O)[C@@H]3C2)cc1. The van der Waals surface area contributed by atoms with Crippen molar-refractivity contribution < 1.29 is 9.59 Å². The van der Waals surface area contributed by atoms with Gasteiger partial charge in [0.15, 0.2) is 0 Å². The minimum Gasteiger partial charge on any atom is -0.355 e. The molecule has 1 N–H and O–H groups in total. The van der Waals surface area contributed by atoms with Crippen molar-refractivity contribution >= 4 is 11.8 Å². The molecule has 3 rings (SSSR count). The maximum Gasteiger partial charge on any atom is 0.253 e. The fourth-order valence-electron chi connectivity index (χ4n) is 3.34. The fraction of sp³-hybridized carbons (Fsp3) is 0.529. The molecule has 2 saturated heterocycles. The van der Waals surface area contributed by atoms with Gasteiger partial charge in [-0.05, 0) is 30.0 Å². The molecule has 2 aliphatic heterocycles. The molecular formula is C17H22N2O2. The highest BCUT2D eigenvalue weighted by Gasteiger charge is 2.43. The Morgan fingerprint density at radius 1 is 1.29 bits per heavy atom. The molecule has 4 nitrogen and oxygen atoms in total. The summed E-state index contributed by atoms with van der Waals surface area (Å²) in [6, 6.07) is 7.90. The molecular weight excluding hydrogens is 264 g/mol. The molecule has 4 heteroatoms. The van der Waals surface area contributed by atoms with Crippen molar-refractivity contribution in [2.45, 2.75) is 20.3 Å². The molecule has 0 bridgehead atoms. The quantitative estimate of drug-likeness (QED) is 0.919. The third kappa shape index (κ3) is 2.80. The van der Waals surface area contributed by atoms with Gasteiger partial charge >= 0.3 is 0 Å². The summed E-state index contributed by atoms with van der Waals surface area (Å²) >= 11 is 0. The number of hydrogen-bond donors (Lipinski definition) is 1. The lowest BCUT2D eigenvalue weighted by Crippen LogP contribution is -2.33. The Labute approximate surface area is 125 Å². The van der Waals surface area contributed by atoms with E-state index in [1.54, 1.807) is 0 Å². The van der Waals surface area contributed by atoms with Gasteiger partial charge in [0.2, 0.25) is 5.91 Å². The second kappa shape index (κ2) is 5.51. The molecule has 0 saturated carbocycles. The van der Waals surface area contributed by atoms with E-state index in [1.165, 1.54) is 5.56 Å². The lowest BCUT2D eigenvalue weighted by Gasteiger charge is -2.17. The summed E-state index contributed by atoms with van der Waals surface area (Å²) in [7, 11) is 0.